The van der Waals surface area contributed by atoms with E-state index in [1.165, 1.54) is 18.5 Å². The average Bonchev–Trinajstić information content (AvgIpc) is 2.69. The van der Waals surface area contributed by atoms with Crippen LogP contribution >= 0.6 is 27.5 Å². The lowest BCUT2D eigenvalue weighted by atomic mass is 10.3. The standard InChI is InChI=1S/C19H13BrClN3O4/c20-12-5-6-16(15(21)9-12)24-17(25)11-27-19(26)14-4-2-8-23-18(14)28-13-3-1-7-22-10-13/h1-10H,11H2,(H,24,25). The van der Waals surface area contributed by atoms with Crippen molar-refractivity contribution in [3.63, 3.8) is 0 Å². The quantitative estimate of drug-likeness (QED) is 0.543. The molecule has 142 valence electrons. The number of aromatic nitrogens is 2. The Morgan fingerprint density at radius 3 is 2.71 bits per heavy atom. The molecule has 7 nitrogen and oxygen atoms in total. The molecule has 1 aromatic carbocycles. The first-order valence-corrected chi connectivity index (χ1v) is 9.15. The molecule has 9 heteroatoms. The Balaban J connectivity index is 1.62. The van der Waals surface area contributed by atoms with Gasteiger partial charge in [0.05, 0.1) is 16.9 Å². The third kappa shape index (κ3) is 5.28. The van der Waals surface area contributed by atoms with Crippen molar-refractivity contribution >= 4 is 45.1 Å². The third-order valence-corrected chi connectivity index (χ3v) is 4.19. The fourth-order valence-electron chi connectivity index (χ4n) is 2.13. The van der Waals surface area contributed by atoms with Gasteiger partial charge in [0.1, 0.15) is 11.3 Å². The Bertz CT molecular complexity index is 1000. The van der Waals surface area contributed by atoms with Crippen molar-refractivity contribution in [2.45, 2.75) is 0 Å². The van der Waals surface area contributed by atoms with E-state index in [-0.39, 0.29) is 11.4 Å². The second-order valence-electron chi connectivity index (χ2n) is 5.40. The van der Waals surface area contributed by atoms with Crippen LogP contribution in [0.4, 0.5) is 5.69 Å². The Morgan fingerprint density at radius 2 is 1.96 bits per heavy atom. The molecule has 2 heterocycles. The molecule has 0 aliphatic rings. The summed E-state index contributed by atoms with van der Waals surface area (Å²) in [5, 5.41) is 2.93. The molecule has 0 fully saturated rings. The van der Waals surface area contributed by atoms with E-state index in [2.05, 4.69) is 31.2 Å². The summed E-state index contributed by atoms with van der Waals surface area (Å²) >= 11 is 9.33. The van der Waals surface area contributed by atoms with Crippen LogP contribution in [-0.2, 0) is 9.53 Å². The van der Waals surface area contributed by atoms with E-state index in [1.807, 2.05) is 0 Å². The smallest absolute Gasteiger partial charge is 0.344 e. The van der Waals surface area contributed by atoms with Crippen LogP contribution in [0.5, 0.6) is 11.6 Å². The molecule has 1 amide bonds. The molecular formula is C19H13BrClN3O4. The number of benzene rings is 1. The van der Waals surface area contributed by atoms with Crippen LogP contribution in [0.25, 0.3) is 0 Å². The number of hydrogen-bond acceptors (Lipinski definition) is 6. The van der Waals surface area contributed by atoms with Gasteiger partial charge in [-0.3, -0.25) is 9.78 Å². The zero-order valence-electron chi connectivity index (χ0n) is 14.3. The molecule has 0 bridgehead atoms. The summed E-state index contributed by atoms with van der Waals surface area (Å²) in [4.78, 5) is 32.4. The van der Waals surface area contributed by atoms with E-state index in [1.54, 1.807) is 42.6 Å². The van der Waals surface area contributed by atoms with Gasteiger partial charge in [0.15, 0.2) is 6.61 Å². The minimum Gasteiger partial charge on any atom is -0.452 e. The van der Waals surface area contributed by atoms with Crippen molar-refractivity contribution in [2.24, 2.45) is 0 Å². The Kier molecular flexibility index (Phi) is 6.57. The third-order valence-electron chi connectivity index (χ3n) is 3.38. The van der Waals surface area contributed by atoms with Gasteiger partial charge in [0.2, 0.25) is 5.88 Å². The van der Waals surface area contributed by atoms with E-state index in [0.29, 0.717) is 16.5 Å². The number of anilines is 1. The number of amides is 1. The van der Waals surface area contributed by atoms with Gasteiger partial charge < -0.3 is 14.8 Å². The van der Waals surface area contributed by atoms with Crippen LogP contribution in [0.2, 0.25) is 5.02 Å². The van der Waals surface area contributed by atoms with Crippen LogP contribution in [0.1, 0.15) is 10.4 Å². The maximum Gasteiger partial charge on any atom is 0.344 e. The average molecular weight is 463 g/mol. The fraction of sp³-hybridized carbons (Fsp3) is 0.0526. The molecule has 0 radical (unpaired) electrons. The highest BCUT2D eigenvalue weighted by molar-refractivity contribution is 9.10. The van der Waals surface area contributed by atoms with Crippen molar-refractivity contribution in [1.29, 1.82) is 0 Å². The number of carbonyl (C=O) groups is 2. The Morgan fingerprint density at radius 1 is 1.14 bits per heavy atom. The number of hydrogen-bond donors (Lipinski definition) is 1. The minimum absolute atomic E-state index is 0.0527. The topological polar surface area (TPSA) is 90.4 Å². The van der Waals surface area contributed by atoms with E-state index >= 15 is 0 Å². The maximum absolute atomic E-state index is 12.4. The summed E-state index contributed by atoms with van der Waals surface area (Å²) in [7, 11) is 0. The highest BCUT2D eigenvalue weighted by Crippen LogP contribution is 2.26. The predicted molar refractivity (Wildman–Crippen MR) is 107 cm³/mol. The molecule has 3 rings (SSSR count). The van der Waals surface area contributed by atoms with Gasteiger partial charge in [-0.25, -0.2) is 9.78 Å². The van der Waals surface area contributed by atoms with Crippen LogP contribution in [0.3, 0.4) is 0 Å². The number of nitrogens with one attached hydrogen (secondary N) is 1. The lowest BCUT2D eigenvalue weighted by Gasteiger charge is -2.10. The van der Waals surface area contributed by atoms with Gasteiger partial charge in [0, 0.05) is 16.9 Å². The zero-order chi connectivity index (χ0) is 19.9. The molecular weight excluding hydrogens is 450 g/mol. The van der Waals surface area contributed by atoms with E-state index < -0.39 is 18.5 Å². The Labute approximate surface area is 173 Å². The molecule has 3 aromatic rings. The molecule has 0 saturated heterocycles. The predicted octanol–water partition coefficient (Wildman–Crippen LogP) is 4.48. The summed E-state index contributed by atoms with van der Waals surface area (Å²) in [5.74, 6) is -0.810. The Hall–Kier alpha value is -2.97. The monoisotopic (exact) mass is 461 g/mol. The summed E-state index contributed by atoms with van der Waals surface area (Å²) in [6.45, 7) is -0.494. The van der Waals surface area contributed by atoms with Crippen molar-refractivity contribution in [2.75, 3.05) is 11.9 Å². The number of carbonyl (C=O) groups excluding carboxylic acids is 2. The lowest BCUT2D eigenvalue weighted by molar-refractivity contribution is -0.119. The fourth-order valence-corrected chi connectivity index (χ4v) is 2.85. The summed E-state index contributed by atoms with van der Waals surface area (Å²) < 4.78 is 11.4. The van der Waals surface area contributed by atoms with Crippen molar-refractivity contribution in [3.05, 3.63) is 76.1 Å². The minimum atomic E-state index is -0.746. The van der Waals surface area contributed by atoms with Gasteiger partial charge in [-0.2, -0.15) is 0 Å². The first-order chi connectivity index (χ1) is 13.5. The summed E-state index contributed by atoms with van der Waals surface area (Å²) in [5.41, 5.74) is 0.494. The van der Waals surface area contributed by atoms with Gasteiger partial charge in [-0.05, 0) is 42.5 Å². The van der Waals surface area contributed by atoms with Gasteiger partial charge >= 0.3 is 5.97 Å². The molecule has 28 heavy (non-hydrogen) atoms. The van der Waals surface area contributed by atoms with Crippen molar-refractivity contribution < 1.29 is 19.1 Å². The number of ether oxygens (including phenoxy) is 2. The normalized spacial score (nSPS) is 10.2. The first-order valence-electron chi connectivity index (χ1n) is 7.98. The highest BCUT2D eigenvalue weighted by atomic mass is 79.9. The van der Waals surface area contributed by atoms with Crippen LogP contribution in [0, 0.1) is 0 Å². The summed E-state index contributed by atoms with van der Waals surface area (Å²) in [6, 6.07) is 11.4. The number of nitrogens with zero attached hydrogens (tertiary/aromatic N) is 2. The highest BCUT2D eigenvalue weighted by Gasteiger charge is 2.17. The second kappa shape index (κ2) is 9.29. The number of pyridine rings is 2. The van der Waals surface area contributed by atoms with Gasteiger partial charge in [0.25, 0.3) is 5.91 Å². The molecule has 0 aliphatic heterocycles. The van der Waals surface area contributed by atoms with E-state index in [4.69, 9.17) is 21.1 Å². The van der Waals surface area contributed by atoms with Gasteiger partial charge in [-0.1, -0.05) is 27.5 Å². The van der Waals surface area contributed by atoms with Crippen LogP contribution < -0.4 is 10.1 Å². The van der Waals surface area contributed by atoms with Gasteiger partial charge in [-0.15, -0.1) is 0 Å². The van der Waals surface area contributed by atoms with E-state index in [0.717, 1.165) is 4.47 Å². The van der Waals surface area contributed by atoms with Crippen LogP contribution in [0.15, 0.2) is 65.5 Å². The van der Waals surface area contributed by atoms with Crippen molar-refractivity contribution in [1.82, 2.24) is 9.97 Å². The molecule has 0 unspecified atom stereocenters. The molecule has 0 saturated carbocycles. The SMILES string of the molecule is O=C(COC(=O)c1cccnc1Oc1cccnc1)Nc1ccc(Br)cc1Cl. The van der Waals surface area contributed by atoms with Crippen molar-refractivity contribution in [3.8, 4) is 11.6 Å². The summed E-state index contributed by atoms with van der Waals surface area (Å²) in [6.07, 6.45) is 4.56. The molecule has 0 aliphatic carbocycles. The largest absolute Gasteiger partial charge is 0.452 e. The van der Waals surface area contributed by atoms with Crippen LogP contribution in [-0.4, -0.2) is 28.5 Å². The second-order valence-corrected chi connectivity index (χ2v) is 6.72. The number of esters is 1. The zero-order valence-corrected chi connectivity index (χ0v) is 16.6. The molecule has 2 aromatic heterocycles. The number of halogens is 2. The molecule has 0 spiro atoms. The molecule has 1 N–H and O–H groups in total. The maximum atomic E-state index is 12.4. The van der Waals surface area contributed by atoms with E-state index in [9.17, 15) is 9.59 Å². The number of rotatable bonds is 6. The first kappa shape index (κ1) is 19.8. The lowest BCUT2D eigenvalue weighted by Crippen LogP contribution is -2.21. The molecule has 0 atom stereocenters.